The van der Waals surface area contributed by atoms with Gasteiger partial charge in [0.15, 0.2) is 0 Å². The number of benzene rings is 1. The Bertz CT molecular complexity index is 567. The zero-order chi connectivity index (χ0) is 15.6. The van der Waals surface area contributed by atoms with Crippen molar-refractivity contribution in [1.82, 2.24) is 5.32 Å². The quantitative estimate of drug-likeness (QED) is 0.799. The number of amides is 1. The summed E-state index contributed by atoms with van der Waals surface area (Å²) in [5, 5.41) is 15.3. The summed E-state index contributed by atoms with van der Waals surface area (Å²) in [6, 6.07) is 4.79. The van der Waals surface area contributed by atoms with Crippen LogP contribution in [0.15, 0.2) is 18.2 Å². The first-order chi connectivity index (χ1) is 9.83. The third-order valence-electron chi connectivity index (χ3n) is 4.13. The van der Waals surface area contributed by atoms with Gasteiger partial charge in [0.25, 0.3) is 0 Å². The van der Waals surface area contributed by atoms with E-state index in [1.54, 1.807) is 25.1 Å². The van der Waals surface area contributed by atoms with E-state index in [4.69, 9.17) is 0 Å². The van der Waals surface area contributed by atoms with Gasteiger partial charge in [-0.15, -0.1) is 0 Å². The number of hydrogen-bond donors (Lipinski definition) is 3. The molecule has 21 heavy (non-hydrogen) atoms. The number of piperidine rings is 1. The van der Waals surface area contributed by atoms with Gasteiger partial charge in [-0.05, 0) is 43.4 Å². The molecule has 114 valence electrons. The Morgan fingerprint density at radius 1 is 1.38 bits per heavy atom. The molecule has 1 aliphatic heterocycles. The van der Waals surface area contributed by atoms with Gasteiger partial charge >= 0.3 is 5.97 Å². The van der Waals surface area contributed by atoms with Crippen LogP contribution in [-0.2, 0) is 4.79 Å². The fraction of sp³-hybridized carbons (Fsp3) is 0.500. The van der Waals surface area contributed by atoms with Gasteiger partial charge in [-0.1, -0.05) is 26.0 Å². The molecule has 0 saturated carbocycles. The third-order valence-corrected chi connectivity index (χ3v) is 4.13. The van der Waals surface area contributed by atoms with Crippen LogP contribution >= 0.6 is 0 Å². The molecule has 1 fully saturated rings. The third kappa shape index (κ3) is 3.24. The first-order valence-electron chi connectivity index (χ1n) is 7.20. The second kappa shape index (κ2) is 5.85. The zero-order valence-corrected chi connectivity index (χ0v) is 12.7. The topological polar surface area (TPSA) is 78.4 Å². The van der Waals surface area contributed by atoms with Crippen molar-refractivity contribution in [2.75, 3.05) is 11.9 Å². The summed E-state index contributed by atoms with van der Waals surface area (Å²) in [4.78, 5) is 23.9. The Morgan fingerprint density at radius 3 is 2.71 bits per heavy atom. The van der Waals surface area contributed by atoms with Crippen molar-refractivity contribution in [1.29, 1.82) is 0 Å². The van der Waals surface area contributed by atoms with Crippen LogP contribution in [0, 0.1) is 12.3 Å². The summed E-state index contributed by atoms with van der Waals surface area (Å²) in [7, 11) is 0. The minimum atomic E-state index is -1.03. The van der Waals surface area contributed by atoms with Gasteiger partial charge in [0, 0.05) is 0 Å². The van der Waals surface area contributed by atoms with Crippen molar-refractivity contribution < 1.29 is 14.7 Å². The highest BCUT2D eigenvalue weighted by Crippen LogP contribution is 2.31. The summed E-state index contributed by atoms with van der Waals surface area (Å²) in [5.41, 5.74) is 1.00. The predicted octanol–water partition coefficient (Wildman–Crippen LogP) is 2.41. The molecule has 0 aromatic heterocycles. The molecule has 5 heteroatoms. The van der Waals surface area contributed by atoms with Gasteiger partial charge in [-0.3, -0.25) is 4.79 Å². The number of hydrogen-bond acceptors (Lipinski definition) is 3. The fourth-order valence-corrected chi connectivity index (χ4v) is 2.92. The lowest BCUT2D eigenvalue weighted by Crippen LogP contribution is -2.53. The first kappa shape index (κ1) is 15.5. The van der Waals surface area contributed by atoms with E-state index in [1.165, 1.54) is 0 Å². The minimum Gasteiger partial charge on any atom is -0.478 e. The van der Waals surface area contributed by atoms with Crippen molar-refractivity contribution >= 4 is 17.6 Å². The average molecular weight is 290 g/mol. The lowest BCUT2D eigenvalue weighted by atomic mass is 9.77. The SMILES string of the molecule is Cc1cccc(NC(=O)C2NCCCC2(C)C)c1C(=O)O. The summed E-state index contributed by atoms with van der Waals surface area (Å²) >= 11 is 0. The van der Waals surface area contributed by atoms with E-state index in [9.17, 15) is 14.7 Å². The maximum Gasteiger partial charge on any atom is 0.338 e. The van der Waals surface area contributed by atoms with Crippen molar-refractivity contribution in [2.45, 2.75) is 39.7 Å². The molecular weight excluding hydrogens is 268 g/mol. The van der Waals surface area contributed by atoms with Crippen LogP contribution in [-0.4, -0.2) is 29.6 Å². The van der Waals surface area contributed by atoms with E-state index in [1.807, 2.05) is 0 Å². The van der Waals surface area contributed by atoms with Gasteiger partial charge in [0.05, 0.1) is 17.3 Å². The number of carboxylic acid groups (broad SMARTS) is 1. The molecule has 0 aliphatic carbocycles. The zero-order valence-electron chi connectivity index (χ0n) is 12.7. The van der Waals surface area contributed by atoms with Gasteiger partial charge in [-0.2, -0.15) is 0 Å². The van der Waals surface area contributed by atoms with E-state index in [2.05, 4.69) is 24.5 Å². The molecule has 0 radical (unpaired) electrons. The second-order valence-electron chi connectivity index (χ2n) is 6.27. The molecule has 1 unspecified atom stereocenters. The highest BCUT2D eigenvalue weighted by atomic mass is 16.4. The van der Waals surface area contributed by atoms with Gasteiger partial charge in [-0.25, -0.2) is 4.79 Å². The number of nitrogens with one attached hydrogen (secondary N) is 2. The highest BCUT2D eigenvalue weighted by Gasteiger charge is 2.37. The monoisotopic (exact) mass is 290 g/mol. The van der Waals surface area contributed by atoms with Crippen molar-refractivity contribution in [3.63, 3.8) is 0 Å². The molecule has 1 aromatic carbocycles. The highest BCUT2D eigenvalue weighted by molar-refractivity contribution is 6.03. The molecule has 1 saturated heterocycles. The van der Waals surface area contributed by atoms with Crippen LogP contribution in [0.25, 0.3) is 0 Å². The van der Waals surface area contributed by atoms with Gasteiger partial charge in [0.1, 0.15) is 0 Å². The second-order valence-corrected chi connectivity index (χ2v) is 6.27. The number of aromatic carboxylic acids is 1. The Balaban J connectivity index is 2.24. The molecule has 0 bridgehead atoms. The maximum absolute atomic E-state index is 12.5. The van der Waals surface area contributed by atoms with Crippen LogP contribution in [0.2, 0.25) is 0 Å². The van der Waals surface area contributed by atoms with Crippen molar-refractivity contribution in [3.8, 4) is 0 Å². The smallest absolute Gasteiger partial charge is 0.338 e. The summed E-state index contributed by atoms with van der Waals surface area (Å²) < 4.78 is 0. The number of anilines is 1. The van der Waals surface area contributed by atoms with Crippen LogP contribution < -0.4 is 10.6 Å². The molecule has 0 spiro atoms. The van der Waals surface area contributed by atoms with E-state index in [0.29, 0.717) is 11.3 Å². The molecule has 3 N–H and O–H groups in total. The van der Waals surface area contributed by atoms with Gasteiger partial charge < -0.3 is 15.7 Å². The summed E-state index contributed by atoms with van der Waals surface area (Å²) in [5.74, 6) is -1.20. The molecular formula is C16H22N2O3. The largest absolute Gasteiger partial charge is 0.478 e. The standard InChI is InChI=1S/C16H22N2O3/c1-10-6-4-7-11(12(10)15(20)21)18-14(19)13-16(2,3)8-5-9-17-13/h4,6-7,13,17H,5,8-9H2,1-3H3,(H,18,19)(H,20,21). The van der Waals surface area contributed by atoms with Crippen molar-refractivity contribution in [2.24, 2.45) is 5.41 Å². The Kier molecular flexibility index (Phi) is 4.32. The van der Waals surface area contributed by atoms with Crippen LogP contribution in [0.4, 0.5) is 5.69 Å². The van der Waals surface area contributed by atoms with E-state index < -0.39 is 5.97 Å². The minimum absolute atomic E-state index is 0.143. The Labute approximate surface area is 124 Å². The number of carbonyl (C=O) groups is 2. The number of carbonyl (C=O) groups excluding carboxylic acids is 1. The van der Waals surface area contributed by atoms with E-state index >= 15 is 0 Å². The van der Waals surface area contributed by atoms with Crippen LogP contribution in [0.3, 0.4) is 0 Å². The summed E-state index contributed by atoms with van der Waals surface area (Å²) in [6.07, 6.45) is 2.01. The molecule has 5 nitrogen and oxygen atoms in total. The molecule has 1 heterocycles. The number of aryl methyl sites for hydroxylation is 1. The lowest BCUT2D eigenvalue weighted by Gasteiger charge is -2.38. The van der Waals surface area contributed by atoms with Crippen LogP contribution in [0.1, 0.15) is 42.6 Å². The average Bonchev–Trinajstić information content (AvgIpc) is 2.37. The number of carboxylic acids is 1. The fourth-order valence-electron chi connectivity index (χ4n) is 2.92. The van der Waals surface area contributed by atoms with E-state index in [0.717, 1.165) is 19.4 Å². The molecule has 1 aliphatic rings. The normalized spacial score (nSPS) is 20.8. The predicted molar refractivity (Wildman–Crippen MR) is 81.6 cm³/mol. The number of rotatable bonds is 3. The molecule has 1 aromatic rings. The Hall–Kier alpha value is -1.88. The molecule has 2 rings (SSSR count). The molecule has 1 amide bonds. The summed E-state index contributed by atoms with van der Waals surface area (Å²) in [6.45, 7) is 6.64. The maximum atomic E-state index is 12.5. The van der Waals surface area contributed by atoms with Crippen molar-refractivity contribution in [3.05, 3.63) is 29.3 Å². The van der Waals surface area contributed by atoms with E-state index in [-0.39, 0.29) is 22.9 Å². The first-order valence-corrected chi connectivity index (χ1v) is 7.20. The van der Waals surface area contributed by atoms with Crippen LogP contribution in [0.5, 0.6) is 0 Å². The lowest BCUT2D eigenvalue weighted by molar-refractivity contribution is -0.121. The Morgan fingerprint density at radius 2 is 2.10 bits per heavy atom. The molecule has 1 atom stereocenters. The van der Waals surface area contributed by atoms with Gasteiger partial charge in [0.2, 0.25) is 5.91 Å².